The van der Waals surface area contributed by atoms with Crippen molar-refractivity contribution in [2.45, 2.75) is 24.7 Å². The van der Waals surface area contributed by atoms with E-state index < -0.39 is 10.0 Å². The second-order valence-electron chi connectivity index (χ2n) is 6.04. The highest BCUT2D eigenvalue weighted by Gasteiger charge is 2.11. The molecule has 0 spiro atoms. The highest BCUT2D eigenvalue weighted by molar-refractivity contribution is 7.89. The van der Waals surface area contributed by atoms with Crippen LogP contribution in [0, 0.1) is 0 Å². The molecule has 8 heteroatoms. The smallest absolute Gasteiger partial charge is 0.243 e. The number of hydrogen-bond acceptors (Lipinski definition) is 5. The summed E-state index contributed by atoms with van der Waals surface area (Å²) in [6.07, 6.45) is 6.61. The normalized spacial score (nSPS) is 11.5. The molecule has 1 aromatic heterocycles. The Bertz CT molecular complexity index is 866. The maximum Gasteiger partial charge on any atom is 0.243 e. The first-order valence-corrected chi connectivity index (χ1v) is 10.7. The van der Waals surface area contributed by atoms with Crippen LogP contribution in [0.1, 0.15) is 25.3 Å². The predicted octanol–water partition coefficient (Wildman–Crippen LogP) is 2.40. The number of carbonyl (C=O) groups is 1. The molecule has 0 aliphatic carbocycles. The first-order valence-electron chi connectivity index (χ1n) is 9.22. The fourth-order valence-corrected chi connectivity index (χ4v) is 3.45. The maximum atomic E-state index is 11.9. The summed E-state index contributed by atoms with van der Waals surface area (Å²) in [5, 5.41) is 6.05. The lowest BCUT2D eigenvalue weighted by Crippen LogP contribution is -2.23. The number of nitrogens with zero attached hydrogens (tertiary/aromatic N) is 1. The van der Waals surface area contributed by atoms with Crippen molar-refractivity contribution < 1.29 is 13.2 Å². The van der Waals surface area contributed by atoms with Gasteiger partial charge in [-0.3, -0.25) is 4.79 Å². The van der Waals surface area contributed by atoms with Gasteiger partial charge >= 0.3 is 0 Å². The summed E-state index contributed by atoms with van der Waals surface area (Å²) >= 11 is 0. The molecule has 0 fully saturated rings. The lowest BCUT2D eigenvalue weighted by Gasteiger charge is -2.05. The number of nitrogens with one attached hydrogen (secondary N) is 3. The molecule has 0 aliphatic heterocycles. The summed E-state index contributed by atoms with van der Waals surface area (Å²) in [7, 11) is -3.46. The van der Waals surface area contributed by atoms with E-state index in [1.165, 1.54) is 18.2 Å². The van der Waals surface area contributed by atoms with Gasteiger partial charge in [-0.1, -0.05) is 25.1 Å². The molecule has 0 bridgehead atoms. The molecule has 0 atom stereocenters. The number of benzene rings is 1. The molecule has 2 rings (SSSR count). The standard InChI is InChI=1S/C20H26N4O3S/c1-2-24-28(26,27)18-11-8-17(9-12-18)10-13-20(25)23-16-6-5-15-22-19-7-3-4-14-21-19/h3-4,7-14,24H,2,5-6,15-16H2,1H3,(H,21,22)(H,23,25)/b13-10+. The van der Waals surface area contributed by atoms with E-state index in [0.717, 1.165) is 30.8 Å². The van der Waals surface area contributed by atoms with E-state index in [4.69, 9.17) is 0 Å². The summed E-state index contributed by atoms with van der Waals surface area (Å²) in [6, 6.07) is 12.1. The predicted molar refractivity (Wildman–Crippen MR) is 111 cm³/mol. The molecule has 1 amide bonds. The van der Waals surface area contributed by atoms with Crippen LogP contribution in [-0.4, -0.2) is 38.9 Å². The second-order valence-corrected chi connectivity index (χ2v) is 7.81. The first-order chi connectivity index (χ1) is 13.5. The van der Waals surface area contributed by atoms with E-state index >= 15 is 0 Å². The zero-order valence-corrected chi connectivity index (χ0v) is 16.7. The number of aromatic nitrogens is 1. The van der Waals surface area contributed by atoms with E-state index in [2.05, 4.69) is 20.3 Å². The second kappa shape index (κ2) is 11.2. The molecule has 3 N–H and O–H groups in total. The van der Waals surface area contributed by atoms with Crippen molar-refractivity contribution >= 4 is 27.8 Å². The number of hydrogen-bond donors (Lipinski definition) is 3. The largest absolute Gasteiger partial charge is 0.370 e. The summed E-state index contributed by atoms with van der Waals surface area (Å²) in [6.45, 7) is 3.45. The average molecular weight is 403 g/mol. The Labute approximate surface area is 166 Å². The van der Waals surface area contributed by atoms with Crippen LogP contribution >= 0.6 is 0 Å². The SMILES string of the molecule is CCNS(=O)(=O)c1ccc(/C=C/C(=O)NCCCCNc2ccccn2)cc1. The number of rotatable bonds is 11. The van der Waals surface area contributed by atoms with Crippen LogP contribution < -0.4 is 15.4 Å². The summed E-state index contributed by atoms with van der Waals surface area (Å²) < 4.78 is 26.2. The van der Waals surface area contributed by atoms with Gasteiger partial charge in [0.2, 0.25) is 15.9 Å². The fourth-order valence-electron chi connectivity index (χ4n) is 2.41. The molecule has 0 radical (unpaired) electrons. The number of pyridine rings is 1. The molecule has 2 aromatic rings. The third-order valence-corrected chi connectivity index (χ3v) is 5.39. The van der Waals surface area contributed by atoms with E-state index in [-0.39, 0.29) is 10.8 Å². The number of unbranched alkanes of at least 4 members (excludes halogenated alkanes) is 1. The Morgan fingerprint density at radius 3 is 2.50 bits per heavy atom. The van der Waals surface area contributed by atoms with Crippen LogP contribution in [0.4, 0.5) is 5.82 Å². The van der Waals surface area contributed by atoms with Gasteiger partial charge in [-0.2, -0.15) is 0 Å². The monoisotopic (exact) mass is 402 g/mol. The molecule has 7 nitrogen and oxygen atoms in total. The van der Waals surface area contributed by atoms with Crippen LogP contribution in [0.2, 0.25) is 0 Å². The van der Waals surface area contributed by atoms with Crippen LogP contribution in [-0.2, 0) is 14.8 Å². The lowest BCUT2D eigenvalue weighted by molar-refractivity contribution is -0.116. The highest BCUT2D eigenvalue weighted by Crippen LogP contribution is 2.11. The third kappa shape index (κ3) is 7.50. The van der Waals surface area contributed by atoms with Crippen LogP contribution in [0.3, 0.4) is 0 Å². The number of amides is 1. The molecule has 150 valence electrons. The Kier molecular flexibility index (Phi) is 8.64. The van der Waals surface area contributed by atoms with Gasteiger partial charge in [0.1, 0.15) is 5.82 Å². The van der Waals surface area contributed by atoms with Gasteiger partial charge in [0, 0.05) is 31.9 Å². The van der Waals surface area contributed by atoms with E-state index in [1.54, 1.807) is 31.3 Å². The van der Waals surface area contributed by atoms with Gasteiger partial charge < -0.3 is 10.6 Å². The maximum absolute atomic E-state index is 11.9. The Hall–Kier alpha value is -2.71. The summed E-state index contributed by atoms with van der Waals surface area (Å²) in [5.41, 5.74) is 0.755. The van der Waals surface area contributed by atoms with Crippen molar-refractivity contribution in [1.29, 1.82) is 0 Å². The zero-order valence-electron chi connectivity index (χ0n) is 15.9. The zero-order chi connectivity index (χ0) is 20.2. The number of sulfonamides is 1. The summed E-state index contributed by atoms with van der Waals surface area (Å²) in [5.74, 6) is 0.667. The minimum Gasteiger partial charge on any atom is -0.370 e. The minimum atomic E-state index is -3.46. The van der Waals surface area contributed by atoms with Crippen LogP contribution in [0.5, 0.6) is 0 Å². The van der Waals surface area contributed by atoms with Crippen LogP contribution in [0.15, 0.2) is 59.6 Å². The lowest BCUT2D eigenvalue weighted by atomic mass is 10.2. The third-order valence-electron chi connectivity index (χ3n) is 3.83. The van der Waals surface area contributed by atoms with Gasteiger partial charge in [-0.25, -0.2) is 18.1 Å². The minimum absolute atomic E-state index is 0.179. The van der Waals surface area contributed by atoms with E-state index in [1.807, 2.05) is 18.2 Å². The fraction of sp³-hybridized carbons (Fsp3) is 0.300. The van der Waals surface area contributed by atoms with Crippen molar-refractivity contribution in [1.82, 2.24) is 15.0 Å². The molecule has 0 saturated heterocycles. The van der Waals surface area contributed by atoms with Gasteiger partial charge in [0.05, 0.1) is 4.90 Å². The Morgan fingerprint density at radius 2 is 1.82 bits per heavy atom. The molecule has 0 aliphatic rings. The van der Waals surface area contributed by atoms with Gasteiger partial charge in [0.15, 0.2) is 0 Å². The topological polar surface area (TPSA) is 100 Å². The number of anilines is 1. The van der Waals surface area contributed by atoms with Crippen molar-refractivity contribution in [2.24, 2.45) is 0 Å². The molecule has 1 aromatic carbocycles. The van der Waals surface area contributed by atoms with E-state index in [9.17, 15) is 13.2 Å². The highest BCUT2D eigenvalue weighted by atomic mass is 32.2. The van der Waals surface area contributed by atoms with Crippen LogP contribution in [0.25, 0.3) is 6.08 Å². The quantitative estimate of drug-likeness (QED) is 0.396. The van der Waals surface area contributed by atoms with Gasteiger partial charge in [0.25, 0.3) is 0 Å². The molecule has 0 unspecified atom stereocenters. The van der Waals surface area contributed by atoms with Crippen molar-refractivity contribution in [3.05, 3.63) is 60.3 Å². The average Bonchev–Trinajstić information content (AvgIpc) is 2.70. The van der Waals surface area contributed by atoms with Gasteiger partial charge in [-0.05, 0) is 48.7 Å². The Balaban J connectivity index is 1.67. The molecular weight excluding hydrogens is 376 g/mol. The number of carbonyl (C=O) groups excluding carboxylic acids is 1. The van der Waals surface area contributed by atoms with Crippen molar-refractivity contribution in [3.63, 3.8) is 0 Å². The summed E-state index contributed by atoms with van der Waals surface area (Å²) in [4.78, 5) is 16.2. The van der Waals surface area contributed by atoms with E-state index in [0.29, 0.717) is 13.1 Å². The first kappa shape index (κ1) is 21.6. The molecular formula is C20H26N4O3S. The van der Waals surface area contributed by atoms with Crippen molar-refractivity contribution in [2.75, 3.05) is 25.0 Å². The Morgan fingerprint density at radius 1 is 1.07 bits per heavy atom. The molecule has 0 saturated carbocycles. The van der Waals surface area contributed by atoms with Gasteiger partial charge in [-0.15, -0.1) is 0 Å². The molecule has 28 heavy (non-hydrogen) atoms. The van der Waals surface area contributed by atoms with Crippen molar-refractivity contribution in [3.8, 4) is 0 Å². The molecule has 1 heterocycles.